The average Bonchev–Trinajstić information content (AvgIpc) is 2.93. The minimum Gasteiger partial charge on any atom is -0.377 e. The van der Waals surface area contributed by atoms with Crippen LogP contribution in [0.4, 0.5) is 23.1 Å². The first kappa shape index (κ1) is 24.1. The van der Waals surface area contributed by atoms with E-state index in [4.69, 9.17) is 14.7 Å². The molecule has 0 radical (unpaired) electrons. The number of anilines is 4. The van der Waals surface area contributed by atoms with Crippen LogP contribution in [0.1, 0.15) is 24.0 Å². The molecule has 2 aliphatic heterocycles. The minimum atomic E-state index is -0.148. The highest BCUT2D eigenvalue weighted by Crippen LogP contribution is 2.33. The Morgan fingerprint density at radius 1 is 1.05 bits per heavy atom. The number of benzene rings is 1. The van der Waals surface area contributed by atoms with Gasteiger partial charge in [0, 0.05) is 42.2 Å². The van der Waals surface area contributed by atoms with Crippen LogP contribution in [0.2, 0.25) is 0 Å². The third-order valence-corrected chi connectivity index (χ3v) is 6.96. The van der Waals surface area contributed by atoms with E-state index in [-0.39, 0.29) is 11.6 Å². The number of ether oxygens (including phenoxy) is 1. The quantitative estimate of drug-likeness (QED) is 0.417. The van der Waals surface area contributed by atoms with Crippen molar-refractivity contribution in [3.05, 3.63) is 82.2 Å². The molecule has 4 aromatic rings. The van der Waals surface area contributed by atoms with Gasteiger partial charge in [-0.25, -0.2) is 19.9 Å². The summed E-state index contributed by atoms with van der Waals surface area (Å²) in [5.41, 5.74) is 3.87. The summed E-state index contributed by atoms with van der Waals surface area (Å²) in [7, 11) is 0. The number of aromatic nitrogens is 5. The standard InChI is InChI=1S/C28H30N8O2/c1-18-17-38-15-14-36(18)28-22-11-13-35(25-10-12-29-19(2)30-25)16-23(22)32-27(34-28)20-6-8-21(9-7-20)31-24-4-3-5-26(37)33-24/h3-10,12,18H,11,13-17H2,1-2H3,(H2,31,33,37). The number of hydrogen-bond donors (Lipinski definition) is 2. The Morgan fingerprint density at radius 2 is 1.92 bits per heavy atom. The van der Waals surface area contributed by atoms with Crippen LogP contribution in [0.3, 0.4) is 0 Å². The number of morpholine rings is 1. The largest absolute Gasteiger partial charge is 0.377 e. The number of pyridine rings is 1. The topological polar surface area (TPSA) is 112 Å². The molecule has 2 aliphatic rings. The fourth-order valence-electron chi connectivity index (χ4n) is 5.01. The molecule has 0 saturated carbocycles. The molecule has 6 rings (SSSR count). The summed E-state index contributed by atoms with van der Waals surface area (Å²) >= 11 is 0. The van der Waals surface area contributed by atoms with Gasteiger partial charge in [-0.05, 0) is 56.7 Å². The summed E-state index contributed by atoms with van der Waals surface area (Å²) in [6, 6.07) is 15.2. The van der Waals surface area contributed by atoms with Crippen molar-refractivity contribution in [2.75, 3.05) is 41.4 Å². The number of nitrogens with one attached hydrogen (secondary N) is 2. The van der Waals surface area contributed by atoms with E-state index in [9.17, 15) is 4.79 Å². The minimum absolute atomic E-state index is 0.148. The van der Waals surface area contributed by atoms with Gasteiger partial charge in [0.05, 0.1) is 31.5 Å². The van der Waals surface area contributed by atoms with Crippen molar-refractivity contribution >= 4 is 23.1 Å². The number of nitrogens with zero attached hydrogens (tertiary/aromatic N) is 6. The van der Waals surface area contributed by atoms with Gasteiger partial charge in [-0.3, -0.25) is 4.79 Å². The van der Waals surface area contributed by atoms with Crippen molar-refractivity contribution in [2.45, 2.75) is 32.9 Å². The molecule has 0 aliphatic carbocycles. The maximum absolute atomic E-state index is 11.6. The summed E-state index contributed by atoms with van der Waals surface area (Å²) in [6.07, 6.45) is 2.65. The second-order valence-corrected chi connectivity index (χ2v) is 9.68. The van der Waals surface area contributed by atoms with Gasteiger partial charge in [-0.1, -0.05) is 6.07 Å². The smallest absolute Gasteiger partial charge is 0.249 e. The van der Waals surface area contributed by atoms with Gasteiger partial charge in [0.15, 0.2) is 5.82 Å². The molecule has 3 aromatic heterocycles. The van der Waals surface area contributed by atoms with E-state index in [0.717, 1.165) is 53.9 Å². The van der Waals surface area contributed by atoms with Gasteiger partial charge in [-0.15, -0.1) is 0 Å². The van der Waals surface area contributed by atoms with Crippen LogP contribution in [-0.2, 0) is 17.7 Å². The SMILES string of the molecule is Cc1nccc(N2CCc3c(nc(-c4ccc(Nc5cccc(=O)[nH]5)cc4)nc3N3CCOCC3C)C2)n1. The molecule has 10 heteroatoms. The highest BCUT2D eigenvalue weighted by atomic mass is 16.5. The molecule has 1 unspecified atom stereocenters. The van der Waals surface area contributed by atoms with Gasteiger partial charge in [-0.2, -0.15) is 0 Å². The van der Waals surface area contributed by atoms with Gasteiger partial charge in [0.1, 0.15) is 23.3 Å². The Hall–Kier alpha value is -4.31. The van der Waals surface area contributed by atoms with Crippen molar-refractivity contribution < 1.29 is 4.74 Å². The fourth-order valence-corrected chi connectivity index (χ4v) is 5.01. The van der Waals surface area contributed by atoms with Crippen molar-refractivity contribution in [3.8, 4) is 11.4 Å². The van der Waals surface area contributed by atoms with Gasteiger partial charge < -0.3 is 24.8 Å². The van der Waals surface area contributed by atoms with E-state index in [1.165, 1.54) is 11.6 Å². The highest BCUT2D eigenvalue weighted by Gasteiger charge is 2.29. The molecule has 10 nitrogen and oxygen atoms in total. The summed E-state index contributed by atoms with van der Waals surface area (Å²) < 4.78 is 5.71. The van der Waals surface area contributed by atoms with E-state index in [1.54, 1.807) is 12.3 Å². The summed E-state index contributed by atoms with van der Waals surface area (Å²) in [6.45, 7) is 7.77. The van der Waals surface area contributed by atoms with E-state index in [0.29, 0.717) is 31.4 Å². The lowest BCUT2D eigenvalue weighted by Crippen LogP contribution is -2.45. The number of hydrogen-bond acceptors (Lipinski definition) is 9. The Morgan fingerprint density at radius 3 is 2.71 bits per heavy atom. The zero-order valence-corrected chi connectivity index (χ0v) is 21.5. The first-order chi connectivity index (χ1) is 18.5. The predicted octanol–water partition coefficient (Wildman–Crippen LogP) is 3.46. The molecule has 38 heavy (non-hydrogen) atoms. The molecule has 0 spiro atoms. The van der Waals surface area contributed by atoms with Gasteiger partial charge in [0.2, 0.25) is 5.56 Å². The van der Waals surface area contributed by atoms with E-state index >= 15 is 0 Å². The first-order valence-electron chi connectivity index (χ1n) is 12.9. The lowest BCUT2D eigenvalue weighted by atomic mass is 10.0. The number of aryl methyl sites for hydroxylation is 1. The Kier molecular flexibility index (Phi) is 6.47. The Labute approximate surface area is 220 Å². The molecule has 0 amide bonds. The van der Waals surface area contributed by atoms with Crippen LogP contribution in [0, 0.1) is 6.92 Å². The second kappa shape index (κ2) is 10.2. The fraction of sp³-hybridized carbons (Fsp3) is 0.321. The normalized spacial score (nSPS) is 17.3. The number of H-pyrrole nitrogens is 1. The maximum atomic E-state index is 11.6. The summed E-state index contributed by atoms with van der Waals surface area (Å²) in [5.74, 6) is 4.01. The molecular weight excluding hydrogens is 480 g/mol. The van der Waals surface area contributed by atoms with Crippen LogP contribution >= 0.6 is 0 Å². The van der Waals surface area contributed by atoms with E-state index in [2.05, 4.69) is 37.0 Å². The van der Waals surface area contributed by atoms with Crippen molar-refractivity contribution in [1.29, 1.82) is 0 Å². The van der Waals surface area contributed by atoms with Gasteiger partial charge >= 0.3 is 0 Å². The number of fused-ring (bicyclic) bond motifs is 1. The lowest BCUT2D eigenvalue weighted by molar-refractivity contribution is 0.0984. The molecule has 1 fully saturated rings. The van der Waals surface area contributed by atoms with E-state index < -0.39 is 0 Å². The van der Waals surface area contributed by atoms with Crippen LogP contribution in [0.5, 0.6) is 0 Å². The molecule has 1 atom stereocenters. The third kappa shape index (κ3) is 4.95. The summed E-state index contributed by atoms with van der Waals surface area (Å²) in [4.78, 5) is 38.1. The number of rotatable bonds is 5. The zero-order chi connectivity index (χ0) is 26.1. The Balaban J connectivity index is 1.35. The zero-order valence-electron chi connectivity index (χ0n) is 21.5. The van der Waals surface area contributed by atoms with Crippen LogP contribution in [-0.4, -0.2) is 57.3 Å². The highest BCUT2D eigenvalue weighted by molar-refractivity contribution is 5.66. The molecule has 0 bridgehead atoms. The Bertz CT molecular complexity index is 1500. The molecule has 1 aromatic carbocycles. The third-order valence-electron chi connectivity index (χ3n) is 6.96. The van der Waals surface area contributed by atoms with Crippen molar-refractivity contribution in [1.82, 2.24) is 24.9 Å². The van der Waals surface area contributed by atoms with Crippen molar-refractivity contribution in [3.63, 3.8) is 0 Å². The predicted molar refractivity (Wildman–Crippen MR) is 147 cm³/mol. The molecular formula is C28H30N8O2. The lowest BCUT2D eigenvalue weighted by Gasteiger charge is -2.38. The monoisotopic (exact) mass is 510 g/mol. The van der Waals surface area contributed by atoms with Crippen LogP contribution < -0.4 is 20.7 Å². The van der Waals surface area contributed by atoms with E-state index in [1.807, 2.05) is 43.3 Å². The van der Waals surface area contributed by atoms with Crippen molar-refractivity contribution in [2.24, 2.45) is 0 Å². The second-order valence-electron chi connectivity index (χ2n) is 9.68. The average molecular weight is 511 g/mol. The van der Waals surface area contributed by atoms with Gasteiger partial charge in [0.25, 0.3) is 0 Å². The summed E-state index contributed by atoms with van der Waals surface area (Å²) in [5, 5.41) is 3.23. The van der Waals surface area contributed by atoms with Crippen LogP contribution in [0.25, 0.3) is 11.4 Å². The molecule has 1 saturated heterocycles. The number of aromatic amines is 1. The van der Waals surface area contributed by atoms with Crippen LogP contribution in [0.15, 0.2) is 59.5 Å². The first-order valence-corrected chi connectivity index (χ1v) is 12.9. The maximum Gasteiger partial charge on any atom is 0.249 e. The molecule has 5 heterocycles. The molecule has 194 valence electrons. The molecule has 2 N–H and O–H groups in total.